The zero-order valence-corrected chi connectivity index (χ0v) is 14.2. The van der Waals surface area contributed by atoms with Crippen molar-refractivity contribution in [1.29, 1.82) is 0 Å². The Hall–Kier alpha value is -0.830. The van der Waals surface area contributed by atoms with Crippen LogP contribution >= 0.6 is 0 Å². The number of nitrogens with zero attached hydrogens (tertiary/aromatic N) is 2. The molecule has 0 spiro atoms. The van der Waals surface area contributed by atoms with Crippen LogP contribution in [0.5, 0.6) is 0 Å². The fourth-order valence-corrected chi connectivity index (χ4v) is 3.61. The molecule has 1 heterocycles. The molecule has 3 heteroatoms. The van der Waals surface area contributed by atoms with Gasteiger partial charge in [0.2, 0.25) is 0 Å². The largest absolute Gasteiger partial charge is 0.314 e. The Bertz CT molecular complexity index is 405. The Kier molecular flexibility index (Phi) is 6.75. The molecule has 0 saturated heterocycles. The molecule has 0 aliphatic heterocycles. The van der Waals surface area contributed by atoms with Crippen LogP contribution in [0.25, 0.3) is 0 Å². The number of aryl methyl sites for hydroxylation is 2. The normalized spacial score (nSPS) is 17.5. The van der Waals surface area contributed by atoms with Crippen molar-refractivity contribution in [3.63, 3.8) is 0 Å². The van der Waals surface area contributed by atoms with Crippen LogP contribution in [0, 0.1) is 5.92 Å². The van der Waals surface area contributed by atoms with E-state index in [1.165, 1.54) is 49.9 Å². The molecule has 1 aliphatic carbocycles. The Labute approximate surface area is 130 Å². The van der Waals surface area contributed by atoms with Crippen LogP contribution < -0.4 is 5.32 Å². The first kappa shape index (κ1) is 16.5. The number of hydrogen-bond acceptors (Lipinski definition) is 2. The highest BCUT2D eigenvalue weighted by atomic mass is 15.3. The van der Waals surface area contributed by atoms with Crippen LogP contribution in [0.3, 0.4) is 0 Å². The van der Waals surface area contributed by atoms with E-state index >= 15 is 0 Å². The molecule has 1 aromatic heterocycles. The molecule has 21 heavy (non-hydrogen) atoms. The summed E-state index contributed by atoms with van der Waals surface area (Å²) < 4.78 is 2.20. The molecule has 1 fully saturated rings. The van der Waals surface area contributed by atoms with E-state index in [0.29, 0.717) is 6.04 Å². The summed E-state index contributed by atoms with van der Waals surface area (Å²) in [7, 11) is 0. The highest BCUT2D eigenvalue weighted by Crippen LogP contribution is 2.29. The van der Waals surface area contributed by atoms with Crippen molar-refractivity contribution in [2.45, 2.75) is 84.7 Å². The van der Waals surface area contributed by atoms with Crippen molar-refractivity contribution < 1.29 is 0 Å². The first-order chi connectivity index (χ1) is 10.3. The summed E-state index contributed by atoms with van der Waals surface area (Å²) in [6, 6.07) is 2.94. The highest BCUT2D eigenvalue weighted by Gasteiger charge is 2.21. The fourth-order valence-electron chi connectivity index (χ4n) is 3.61. The lowest BCUT2D eigenvalue weighted by Crippen LogP contribution is -2.34. The molecule has 120 valence electrons. The Morgan fingerprint density at radius 2 is 2.05 bits per heavy atom. The van der Waals surface area contributed by atoms with Gasteiger partial charge in [-0.2, -0.15) is 5.10 Å². The van der Waals surface area contributed by atoms with Gasteiger partial charge in [0.05, 0.1) is 5.69 Å². The predicted molar refractivity (Wildman–Crippen MR) is 89.6 cm³/mol. The van der Waals surface area contributed by atoms with Crippen molar-refractivity contribution in [3.8, 4) is 0 Å². The lowest BCUT2D eigenvalue weighted by atomic mass is 9.95. The molecule has 0 aromatic carbocycles. The second-order valence-electron chi connectivity index (χ2n) is 6.54. The van der Waals surface area contributed by atoms with Crippen molar-refractivity contribution in [1.82, 2.24) is 15.1 Å². The van der Waals surface area contributed by atoms with Gasteiger partial charge < -0.3 is 5.32 Å². The Balaban J connectivity index is 2.00. The van der Waals surface area contributed by atoms with Crippen molar-refractivity contribution in [3.05, 3.63) is 17.5 Å². The molecule has 1 aliphatic rings. The molecule has 1 unspecified atom stereocenters. The molecule has 0 radical (unpaired) electrons. The minimum atomic E-state index is 0.625. The zero-order valence-electron chi connectivity index (χ0n) is 14.2. The molecule has 0 bridgehead atoms. The van der Waals surface area contributed by atoms with Crippen LogP contribution in [-0.4, -0.2) is 22.4 Å². The third-order valence-electron chi connectivity index (χ3n) is 4.81. The van der Waals surface area contributed by atoms with Gasteiger partial charge in [0.15, 0.2) is 0 Å². The standard InChI is InChI=1S/C18H33N3/c1-4-11-19-17(12-15-9-7-8-10-15)14-18-13-16(5-2)20-21(18)6-3/h13,15,17,19H,4-12,14H2,1-3H3. The minimum absolute atomic E-state index is 0.625. The average Bonchev–Trinajstić information content (AvgIpc) is 3.14. The van der Waals surface area contributed by atoms with Crippen LogP contribution in [0.2, 0.25) is 0 Å². The van der Waals surface area contributed by atoms with Gasteiger partial charge in [0, 0.05) is 24.7 Å². The van der Waals surface area contributed by atoms with Gasteiger partial charge in [-0.15, -0.1) is 0 Å². The molecular formula is C18H33N3. The minimum Gasteiger partial charge on any atom is -0.314 e. The van der Waals surface area contributed by atoms with Gasteiger partial charge in [0.25, 0.3) is 0 Å². The van der Waals surface area contributed by atoms with Crippen LogP contribution in [0.15, 0.2) is 6.07 Å². The van der Waals surface area contributed by atoms with Crippen molar-refractivity contribution in [2.24, 2.45) is 5.92 Å². The van der Waals surface area contributed by atoms with Crippen LogP contribution in [-0.2, 0) is 19.4 Å². The number of aromatic nitrogens is 2. The van der Waals surface area contributed by atoms with Crippen molar-refractivity contribution >= 4 is 0 Å². The zero-order chi connectivity index (χ0) is 15.1. The molecule has 1 N–H and O–H groups in total. The summed E-state index contributed by atoms with van der Waals surface area (Å²) in [5.74, 6) is 0.947. The van der Waals surface area contributed by atoms with Gasteiger partial charge in [0.1, 0.15) is 0 Å². The first-order valence-corrected chi connectivity index (χ1v) is 9.05. The summed E-state index contributed by atoms with van der Waals surface area (Å²) in [6.07, 6.45) is 10.5. The third-order valence-corrected chi connectivity index (χ3v) is 4.81. The van der Waals surface area contributed by atoms with Gasteiger partial charge in [-0.25, -0.2) is 0 Å². The predicted octanol–water partition coefficient (Wildman–Crippen LogP) is 3.96. The van der Waals surface area contributed by atoms with Crippen LogP contribution in [0.4, 0.5) is 0 Å². The second-order valence-corrected chi connectivity index (χ2v) is 6.54. The van der Waals surface area contributed by atoms with E-state index in [0.717, 1.165) is 31.8 Å². The van der Waals surface area contributed by atoms with Crippen LogP contribution in [0.1, 0.15) is 70.7 Å². The fraction of sp³-hybridized carbons (Fsp3) is 0.833. The SMILES string of the molecule is CCCNC(Cc1cc(CC)nn1CC)CC1CCCC1. The molecule has 2 rings (SSSR count). The Morgan fingerprint density at radius 3 is 2.67 bits per heavy atom. The maximum absolute atomic E-state index is 4.70. The summed E-state index contributed by atoms with van der Waals surface area (Å²) in [5, 5.41) is 8.48. The third kappa shape index (κ3) is 4.84. The van der Waals surface area contributed by atoms with Gasteiger partial charge in [-0.05, 0) is 44.7 Å². The maximum atomic E-state index is 4.70. The highest BCUT2D eigenvalue weighted by molar-refractivity contribution is 5.12. The molecule has 1 atom stereocenters. The topological polar surface area (TPSA) is 29.9 Å². The van der Waals surface area contributed by atoms with E-state index in [4.69, 9.17) is 5.10 Å². The first-order valence-electron chi connectivity index (χ1n) is 9.05. The van der Waals surface area contributed by atoms with E-state index in [-0.39, 0.29) is 0 Å². The maximum Gasteiger partial charge on any atom is 0.0624 e. The van der Waals surface area contributed by atoms with Gasteiger partial charge >= 0.3 is 0 Å². The summed E-state index contributed by atoms with van der Waals surface area (Å²) in [5.41, 5.74) is 2.66. The molecule has 1 saturated carbocycles. The molecule has 3 nitrogen and oxygen atoms in total. The van der Waals surface area contributed by atoms with Gasteiger partial charge in [-0.3, -0.25) is 4.68 Å². The lowest BCUT2D eigenvalue weighted by molar-refractivity contribution is 0.378. The Morgan fingerprint density at radius 1 is 1.29 bits per heavy atom. The average molecular weight is 291 g/mol. The van der Waals surface area contributed by atoms with Crippen molar-refractivity contribution in [2.75, 3.05) is 6.54 Å². The number of nitrogens with one attached hydrogen (secondary N) is 1. The summed E-state index contributed by atoms with van der Waals surface area (Å²) in [4.78, 5) is 0. The van der Waals surface area contributed by atoms with E-state index in [2.05, 4.69) is 36.8 Å². The summed E-state index contributed by atoms with van der Waals surface area (Å²) >= 11 is 0. The molecule has 1 aromatic rings. The molecule has 0 amide bonds. The summed E-state index contributed by atoms with van der Waals surface area (Å²) in [6.45, 7) is 8.77. The van der Waals surface area contributed by atoms with Gasteiger partial charge in [-0.1, -0.05) is 39.5 Å². The van der Waals surface area contributed by atoms with E-state index in [1.807, 2.05) is 0 Å². The quantitative estimate of drug-likeness (QED) is 0.746. The second kappa shape index (κ2) is 8.57. The lowest BCUT2D eigenvalue weighted by Gasteiger charge is -2.22. The number of hydrogen-bond donors (Lipinski definition) is 1. The van der Waals surface area contributed by atoms with E-state index in [1.54, 1.807) is 0 Å². The van der Waals surface area contributed by atoms with E-state index in [9.17, 15) is 0 Å². The number of rotatable bonds is 9. The monoisotopic (exact) mass is 291 g/mol. The molecular weight excluding hydrogens is 258 g/mol. The van der Waals surface area contributed by atoms with E-state index < -0.39 is 0 Å². The smallest absolute Gasteiger partial charge is 0.0624 e.